The lowest BCUT2D eigenvalue weighted by molar-refractivity contribution is 0.0917. The molecule has 0 aliphatic rings. The molecule has 26 heavy (non-hydrogen) atoms. The van der Waals surface area contributed by atoms with Crippen molar-refractivity contribution in [2.75, 3.05) is 6.54 Å². The van der Waals surface area contributed by atoms with Crippen molar-refractivity contribution in [1.82, 2.24) is 20.1 Å². The zero-order chi connectivity index (χ0) is 18.9. The number of carbonyl (C=O) groups excluding carboxylic acids is 1. The molecular formula is C20H25N5O. The first kappa shape index (κ1) is 18.1. The SMILES string of the molecule is CC(C)n1ncc2c(C(=O)NC(C)(C)CN)cc(-c3ccccc3)nc21. The van der Waals surface area contributed by atoms with Crippen molar-refractivity contribution in [2.45, 2.75) is 39.3 Å². The van der Waals surface area contributed by atoms with Crippen LogP contribution in [0.4, 0.5) is 0 Å². The van der Waals surface area contributed by atoms with Crippen molar-refractivity contribution in [1.29, 1.82) is 0 Å². The Labute approximate surface area is 153 Å². The van der Waals surface area contributed by atoms with Crippen molar-refractivity contribution < 1.29 is 4.79 Å². The molecule has 2 heterocycles. The first-order valence-corrected chi connectivity index (χ1v) is 8.78. The van der Waals surface area contributed by atoms with E-state index >= 15 is 0 Å². The largest absolute Gasteiger partial charge is 0.346 e. The molecule has 3 rings (SSSR count). The number of benzene rings is 1. The van der Waals surface area contributed by atoms with Crippen molar-refractivity contribution in [3.63, 3.8) is 0 Å². The van der Waals surface area contributed by atoms with Gasteiger partial charge in [0.2, 0.25) is 0 Å². The van der Waals surface area contributed by atoms with Crippen molar-refractivity contribution in [3.8, 4) is 11.3 Å². The summed E-state index contributed by atoms with van der Waals surface area (Å²) in [5.74, 6) is -0.173. The second kappa shape index (κ2) is 6.88. The number of amides is 1. The molecule has 1 aromatic carbocycles. The summed E-state index contributed by atoms with van der Waals surface area (Å²) in [6.45, 7) is 8.24. The second-order valence-corrected chi connectivity index (χ2v) is 7.38. The summed E-state index contributed by atoms with van der Waals surface area (Å²) in [7, 11) is 0. The van der Waals surface area contributed by atoms with Gasteiger partial charge in [-0.05, 0) is 33.8 Å². The Hall–Kier alpha value is -2.73. The van der Waals surface area contributed by atoms with Crippen molar-refractivity contribution in [2.24, 2.45) is 5.73 Å². The summed E-state index contributed by atoms with van der Waals surface area (Å²) in [5, 5.41) is 8.18. The average Bonchev–Trinajstić information content (AvgIpc) is 3.05. The van der Waals surface area contributed by atoms with Crippen LogP contribution in [0.3, 0.4) is 0 Å². The molecule has 0 unspecified atom stereocenters. The lowest BCUT2D eigenvalue weighted by Crippen LogP contribution is -2.48. The highest BCUT2D eigenvalue weighted by molar-refractivity contribution is 6.06. The molecule has 6 nitrogen and oxygen atoms in total. The van der Waals surface area contributed by atoms with E-state index in [-0.39, 0.29) is 11.9 Å². The maximum absolute atomic E-state index is 13.0. The number of carbonyl (C=O) groups is 1. The minimum Gasteiger partial charge on any atom is -0.346 e. The van der Waals surface area contributed by atoms with E-state index in [1.807, 2.05) is 68.8 Å². The van der Waals surface area contributed by atoms with Crippen LogP contribution in [0.25, 0.3) is 22.3 Å². The molecule has 3 aromatic rings. The van der Waals surface area contributed by atoms with Crippen LogP contribution in [0, 0.1) is 0 Å². The minimum atomic E-state index is -0.492. The highest BCUT2D eigenvalue weighted by Crippen LogP contribution is 2.26. The third kappa shape index (κ3) is 3.46. The Morgan fingerprint density at radius 2 is 1.96 bits per heavy atom. The van der Waals surface area contributed by atoms with Gasteiger partial charge in [-0.2, -0.15) is 5.10 Å². The van der Waals surface area contributed by atoms with Gasteiger partial charge in [0.05, 0.1) is 22.8 Å². The molecule has 0 aliphatic carbocycles. The zero-order valence-electron chi connectivity index (χ0n) is 15.7. The number of fused-ring (bicyclic) bond motifs is 1. The Morgan fingerprint density at radius 1 is 1.27 bits per heavy atom. The highest BCUT2D eigenvalue weighted by Gasteiger charge is 2.23. The molecule has 0 radical (unpaired) electrons. The van der Waals surface area contributed by atoms with Crippen LogP contribution in [0.5, 0.6) is 0 Å². The monoisotopic (exact) mass is 351 g/mol. The van der Waals surface area contributed by atoms with E-state index in [1.54, 1.807) is 6.20 Å². The topological polar surface area (TPSA) is 85.8 Å². The van der Waals surface area contributed by atoms with Crippen LogP contribution >= 0.6 is 0 Å². The van der Waals surface area contributed by atoms with E-state index in [9.17, 15) is 4.79 Å². The molecule has 0 spiro atoms. The van der Waals surface area contributed by atoms with Crippen LogP contribution in [0.1, 0.15) is 44.1 Å². The third-order valence-corrected chi connectivity index (χ3v) is 4.33. The van der Waals surface area contributed by atoms with E-state index in [0.29, 0.717) is 17.8 Å². The van der Waals surface area contributed by atoms with Gasteiger partial charge in [0.25, 0.3) is 5.91 Å². The molecule has 0 aliphatic heterocycles. The van der Waals surface area contributed by atoms with Gasteiger partial charge >= 0.3 is 0 Å². The van der Waals surface area contributed by atoms with Crippen LogP contribution < -0.4 is 11.1 Å². The van der Waals surface area contributed by atoms with Gasteiger partial charge in [-0.1, -0.05) is 30.3 Å². The highest BCUT2D eigenvalue weighted by atomic mass is 16.1. The summed E-state index contributed by atoms with van der Waals surface area (Å²) in [6, 6.07) is 11.8. The number of nitrogens with zero attached hydrogens (tertiary/aromatic N) is 3. The number of hydrogen-bond donors (Lipinski definition) is 2. The van der Waals surface area contributed by atoms with Crippen LogP contribution in [0.2, 0.25) is 0 Å². The van der Waals surface area contributed by atoms with Gasteiger partial charge in [-0.25, -0.2) is 9.67 Å². The molecule has 0 saturated heterocycles. The third-order valence-electron chi connectivity index (χ3n) is 4.33. The molecule has 3 N–H and O–H groups in total. The number of pyridine rings is 1. The number of nitrogens with two attached hydrogens (primary N) is 1. The molecule has 0 saturated carbocycles. The molecule has 1 amide bonds. The fourth-order valence-corrected chi connectivity index (χ4v) is 2.77. The summed E-state index contributed by atoms with van der Waals surface area (Å²) in [6.07, 6.45) is 1.71. The lowest BCUT2D eigenvalue weighted by Gasteiger charge is -2.24. The summed E-state index contributed by atoms with van der Waals surface area (Å²) >= 11 is 0. The van der Waals surface area contributed by atoms with E-state index in [2.05, 4.69) is 10.4 Å². The number of nitrogens with one attached hydrogen (secondary N) is 1. The molecule has 0 fully saturated rings. The van der Waals surface area contributed by atoms with Gasteiger partial charge < -0.3 is 11.1 Å². The quantitative estimate of drug-likeness (QED) is 0.739. The molecule has 2 aromatic heterocycles. The van der Waals surface area contributed by atoms with Crippen LogP contribution in [0.15, 0.2) is 42.6 Å². The maximum Gasteiger partial charge on any atom is 0.252 e. The summed E-state index contributed by atoms with van der Waals surface area (Å²) < 4.78 is 1.84. The lowest BCUT2D eigenvalue weighted by atomic mass is 10.0. The standard InChI is InChI=1S/C20H25N5O/c1-13(2)25-18-16(11-22-25)15(19(26)24-20(3,4)12-21)10-17(23-18)14-8-6-5-7-9-14/h5-11,13H,12,21H2,1-4H3,(H,24,26). The Morgan fingerprint density at radius 3 is 2.58 bits per heavy atom. The number of aromatic nitrogens is 3. The van der Waals surface area contributed by atoms with E-state index < -0.39 is 5.54 Å². The molecular weight excluding hydrogens is 326 g/mol. The molecule has 6 heteroatoms. The Kier molecular flexibility index (Phi) is 4.78. The zero-order valence-corrected chi connectivity index (χ0v) is 15.7. The fraction of sp³-hybridized carbons (Fsp3) is 0.350. The predicted molar refractivity (Wildman–Crippen MR) is 104 cm³/mol. The first-order chi connectivity index (χ1) is 12.3. The fourth-order valence-electron chi connectivity index (χ4n) is 2.77. The van der Waals surface area contributed by atoms with Gasteiger partial charge in [0.15, 0.2) is 5.65 Å². The summed E-state index contributed by atoms with van der Waals surface area (Å²) in [5.41, 5.74) is 8.24. The second-order valence-electron chi connectivity index (χ2n) is 7.38. The van der Waals surface area contributed by atoms with E-state index in [1.165, 1.54) is 0 Å². The van der Waals surface area contributed by atoms with Crippen molar-refractivity contribution in [3.05, 3.63) is 48.2 Å². The molecule has 0 atom stereocenters. The molecule has 0 bridgehead atoms. The number of rotatable bonds is 5. The normalized spacial score (nSPS) is 11.9. The average molecular weight is 351 g/mol. The van der Waals surface area contributed by atoms with E-state index in [0.717, 1.165) is 16.6 Å². The predicted octanol–water partition coefficient (Wildman–Crippen LogP) is 3.15. The van der Waals surface area contributed by atoms with Crippen LogP contribution in [-0.2, 0) is 0 Å². The van der Waals surface area contributed by atoms with Gasteiger partial charge in [0, 0.05) is 23.7 Å². The smallest absolute Gasteiger partial charge is 0.252 e. The van der Waals surface area contributed by atoms with Gasteiger partial charge in [-0.3, -0.25) is 4.79 Å². The minimum absolute atomic E-state index is 0.141. The van der Waals surface area contributed by atoms with Crippen LogP contribution in [-0.4, -0.2) is 32.8 Å². The summed E-state index contributed by atoms with van der Waals surface area (Å²) in [4.78, 5) is 17.7. The number of hydrogen-bond acceptors (Lipinski definition) is 4. The van der Waals surface area contributed by atoms with Crippen molar-refractivity contribution >= 4 is 16.9 Å². The van der Waals surface area contributed by atoms with Gasteiger partial charge in [-0.15, -0.1) is 0 Å². The molecule has 136 valence electrons. The first-order valence-electron chi connectivity index (χ1n) is 8.78. The van der Waals surface area contributed by atoms with E-state index in [4.69, 9.17) is 10.7 Å². The Balaban J connectivity index is 2.19. The maximum atomic E-state index is 13.0. The van der Waals surface area contributed by atoms with Gasteiger partial charge in [0.1, 0.15) is 0 Å². The Bertz CT molecular complexity index is 928.